The standard InChI is InChI=1S/C15H28N2O3S.ClH/c18-15(13-7-11-21(19,20)12-8-13)17-10-9-16-14-5-3-1-2-4-6-14;/h13-14,16H,1-12H2,(H,17,18);1H. The normalized spacial score (nSPS) is 23.3. The molecular formula is C15H29ClN2O3S. The lowest BCUT2D eigenvalue weighted by atomic mass is 10.0. The molecule has 0 unspecified atom stereocenters. The predicted octanol–water partition coefficient (Wildman–Crippen LogP) is 1.66. The maximum atomic E-state index is 12.0. The van der Waals surface area contributed by atoms with Gasteiger partial charge in [-0.1, -0.05) is 25.7 Å². The molecule has 1 saturated heterocycles. The summed E-state index contributed by atoms with van der Waals surface area (Å²) in [6.07, 6.45) is 8.75. The minimum Gasteiger partial charge on any atom is -0.355 e. The quantitative estimate of drug-likeness (QED) is 0.583. The number of amides is 1. The highest BCUT2D eigenvalue weighted by Crippen LogP contribution is 2.19. The molecule has 1 aliphatic heterocycles. The maximum Gasteiger partial charge on any atom is 0.223 e. The number of sulfone groups is 1. The topological polar surface area (TPSA) is 75.3 Å². The molecule has 0 bridgehead atoms. The predicted molar refractivity (Wildman–Crippen MR) is 91.1 cm³/mol. The molecule has 2 N–H and O–H groups in total. The van der Waals surface area contributed by atoms with Gasteiger partial charge in [-0.15, -0.1) is 12.4 Å². The molecule has 2 rings (SSSR count). The Bertz CT molecular complexity index is 420. The average molecular weight is 353 g/mol. The molecule has 0 radical (unpaired) electrons. The third-order valence-corrected chi connectivity index (χ3v) is 6.35. The zero-order valence-electron chi connectivity index (χ0n) is 13.2. The van der Waals surface area contributed by atoms with Crippen molar-refractivity contribution < 1.29 is 13.2 Å². The van der Waals surface area contributed by atoms with Crippen LogP contribution in [0.5, 0.6) is 0 Å². The minimum atomic E-state index is -2.88. The molecule has 0 atom stereocenters. The number of halogens is 1. The van der Waals surface area contributed by atoms with Gasteiger partial charge in [0.1, 0.15) is 9.84 Å². The van der Waals surface area contributed by atoms with Gasteiger partial charge in [-0.25, -0.2) is 8.42 Å². The Hall–Kier alpha value is -0.330. The van der Waals surface area contributed by atoms with Crippen LogP contribution in [0.15, 0.2) is 0 Å². The van der Waals surface area contributed by atoms with Crippen molar-refractivity contribution in [3.05, 3.63) is 0 Å². The molecule has 0 aromatic heterocycles. The Kier molecular flexibility index (Phi) is 8.72. The van der Waals surface area contributed by atoms with Gasteiger partial charge in [0.25, 0.3) is 0 Å². The molecule has 1 heterocycles. The van der Waals surface area contributed by atoms with Gasteiger partial charge in [0.2, 0.25) is 5.91 Å². The lowest BCUT2D eigenvalue weighted by molar-refractivity contribution is -0.125. The van der Waals surface area contributed by atoms with Crippen molar-refractivity contribution in [3.8, 4) is 0 Å². The summed E-state index contributed by atoms with van der Waals surface area (Å²) in [6.45, 7) is 1.44. The minimum absolute atomic E-state index is 0. The van der Waals surface area contributed by atoms with Gasteiger partial charge < -0.3 is 10.6 Å². The summed E-state index contributed by atoms with van der Waals surface area (Å²) < 4.78 is 22.7. The average Bonchev–Trinajstić information content (AvgIpc) is 2.72. The van der Waals surface area contributed by atoms with Crippen LogP contribution < -0.4 is 10.6 Å². The van der Waals surface area contributed by atoms with Gasteiger partial charge >= 0.3 is 0 Å². The first kappa shape index (κ1) is 19.7. The Morgan fingerprint density at radius 2 is 1.50 bits per heavy atom. The van der Waals surface area contributed by atoms with E-state index < -0.39 is 9.84 Å². The fourth-order valence-corrected chi connectivity index (χ4v) is 4.73. The van der Waals surface area contributed by atoms with E-state index in [0.29, 0.717) is 25.4 Å². The highest BCUT2D eigenvalue weighted by atomic mass is 35.5. The van der Waals surface area contributed by atoms with E-state index in [0.717, 1.165) is 6.54 Å². The largest absolute Gasteiger partial charge is 0.355 e. The van der Waals surface area contributed by atoms with Crippen LogP contribution in [0.1, 0.15) is 51.4 Å². The van der Waals surface area contributed by atoms with E-state index in [1.807, 2.05) is 0 Å². The van der Waals surface area contributed by atoms with Crippen molar-refractivity contribution in [2.75, 3.05) is 24.6 Å². The van der Waals surface area contributed by atoms with E-state index in [1.54, 1.807) is 0 Å². The molecule has 0 aromatic rings. The van der Waals surface area contributed by atoms with E-state index in [4.69, 9.17) is 0 Å². The van der Waals surface area contributed by atoms with Crippen LogP contribution in [0.2, 0.25) is 0 Å². The SMILES string of the molecule is Cl.O=C(NCCNC1CCCCCC1)C1CCS(=O)(=O)CC1. The lowest BCUT2D eigenvalue weighted by Gasteiger charge is -2.21. The molecule has 2 fully saturated rings. The monoisotopic (exact) mass is 352 g/mol. The Balaban J connectivity index is 0.00000242. The first-order valence-electron chi connectivity index (χ1n) is 8.28. The third kappa shape index (κ3) is 6.84. The summed E-state index contributed by atoms with van der Waals surface area (Å²) in [5.74, 6) is 0.218. The fourth-order valence-electron chi connectivity index (χ4n) is 3.24. The second kappa shape index (κ2) is 9.73. The number of carbonyl (C=O) groups is 1. The summed E-state index contributed by atoms with van der Waals surface area (Å²) >= 11 is 0. The molecule has 1 aliphatic carbocycles. The first-order valence-corrected chi connectivity index (χ1v) is 10.1. The van der Waals surface area contributed by atoms with Crippen molar-refractivity contribution >= 4 is 28.2 Å². The second-order valence-corrected chi connectivity index (χ2v) is 8.66. The maximum absolute atomic E-state index is 12.0. The third-order valence-electron chi connectivity index (χ3n) is 4.64. The van der Waals surface area contributed by atoms with E-state index in [-0.39, 0.29) is 35.7 Å². The number of rotatable bonds is 5. The summed E-state index contributed by atoms with van der Waals surface area (Å²) in [4.78, 5) is 12.0. The smallest absolute Gasteiger partial charge is 0.223 e. The first-order chi connectivity index (χ1) is 10.1. The number of carbonyl (C=O) groups excluding carboxylic acids is 1. The molecule has 130 valence electrons. The van der Waals surface area contributed by atoms with Gasteiger partial charge in [0, 0.05) is 25.0 Å². The molecule has 0 spiro atoms. The number of nitrogens with one attached hydrogen (secondary N) is 2. The Labute approximate surface area is 140 Å². The van der Waals surface area contributed by atoms with Crippen molar-refractivity contribution in [2.24, 2.45) is 5.92 Å². The van der Waals surface area contributed by atoms with Crippen LogP contribution >= 0.6 is 12.4 Å². The van der Waals surface area contributed by atoms with Crippen molar-refractivity contribution in [2.45, 2.75) is 57.4 Å². The van der Waals surface area contributed by atoms with E-state index in [1.165, 1.54) is 38.5 Å². The summed E-state index contributed by atoms with van der Waals surface area (Å²) in [5.41, 5.74) is 0. The van der Waals surface area contributed by atoms with Crippen LogP contribution in [-0.4, -0.2) is 45.0 Å². The van der Waals surface area contributed by atoms with E-state index in [9.17, 15) is 13.2 Å². The lowest BCUT2D eigenvalue weighted by Crippen LogP contribution is -2.41. The van der Waals surface area contributed by atoms with Crippen LogP contribution in [0, 0.1) is 5.92 Å². The van der Waals surface area contributed by atoms with Crippen LogP contribution in [-0.2, 0) is 14.6 Å². The van der Waals surface area contributed by atoms with Crippen LogP contribution in [0.4, 0.5) is 0 Å². The van der Waals surface area contributed by atoms with Gasteiger partial charge in [-0.2, -0.15) is 0 Å². The zero-order valence-corrected chi connectivity index (χ0v) is 14.8. The Morgan fingerprint density at radius 3 is 2.09 bits per heavy atom. The zero-order chi connectivity index (χ0) is 15.1. The van der Waals surface area contributed by atoms with Crippen LogP contribution in [0.3, 0.4) is 0 Å². The number of hydrogen-bond donors (Lipinski definition) is 2. The van der Waals surface area contributed by atoms with Gasteiger partial charge in [0.05, 0.1) is 11.5 Å². The fraction of sp³-hybridized carbons (Fsp3) is 0.933. The molecule has 1 amide bonds. The molecular weight excluding hydrogens is 324 g/mol. The highest BCUT2D eigenvalue weighted by Gasteiger charge is 2.28. The van der Waals surface area contributed by atoms with Crippen molar-refractivity contribution in [3.63, 3.8) is 0 Å². The molecule has 1 saturated carbocycles. The molecule has 2 aliphatic rings. The summed E-state index contributed by atoms with van der Waals surface area (Å²) in [6, 6.07) is 0.601. The summed E-state index contributed by atoms with van der Waals surface area (Å²) in [7, 11) is -2.88. The molecule has 22 heavy (non-hydrogen) atoms. The van der Waals surface area contributed by atoms with Gasteiger partial charge in [-0.3, -0.25) is 4.79 Å². The molecule has 7 heteroatoms. The number of hydrogen-bond acceptors (Lipinski definition) is 4. The van der Waals surface area contributed by atoms with Crippen molar-refractivity contribution in [1.29, 1.82) is 0 Å². The second-order valence-electron chi connectivity index (χ2n) is 6.36. The van der Waals surface area contributed by atoms with Gasteiger partial charge in [-0.05, 0) is 25.7 Å². The van der Waals surface area contributed by atoms with E-state index >= 15 is 0 Å². The van der Waals surface area contributed by atoms with Gasteiger partial charge in [0.15, 0.2) is 0 Å². The van der Waals surface area contributed by atoms with Crippen molar-refractivity contribution in [1.82, 2.24) is 10.6 Å². The molecule has 0 aromatic carbocycles. The highest BCUT2D eigenvalue weighted by molar-refractivity contribution is 7.91. The summed E-state index contributed by atoms with van der Waals surface area (Å²) in [5, 5.41) is 6.46. The van der Waals surface area contributed by atoms with Crippen LogP contribution in [0.25, 0.3) is 0 Å². The van der Waals surface area contributed by atoms with E-state index in [2.05, 4.69) is 10.6 Å². The molecule has 5 nitrogen and oxygen atoms in total. The Morgan fingerprint density at radius 1 is 0.909 bits per heavy atom.